The van der Waals surface area contributed by atoms with Crippen LogP contribution in [0.25, 0.3) is 0 Å². The van der Waals surface area contributed by atoms with Crippen LogP contribution in [0.4, 0.5) is 0 Å². The zero-order valence-electron chi connectivity index (χ0n) is 15.9. The summed E-state index contributed by atoms with van der Waals surface area (Å²) in [6, 6.07) is 14.5. The number of carbonyl (C=O) groups excluding carboxylic acids is 1. The van der Waals surface area contributed by atoms with E-state index in [9.17, 15) is 14.6 Å². The van der Waals surface area contributed by atoms with Crippen molar-refractivity contribution in [1.29, 1.82) is 0 Å². The van der Waals surface area contributed by atoms with Gasteiger partial charge in [0.2, 0.25) is 0 Å². The average molecular weight is 392 g/mol. The number of hydrogen-bond acceptors (Lipinski definition) is 6. The van der Waals surface area contributed by atoms with Gasteiger partial charge in [-0.2, -0.15) is 0 Å². The lowest BCUT2D eigenvalue weighted by molar-refractivity contribution is -0.116. The van der Waals surface area contributed by atoms with E-state index in [-0.39, 0.29) is 30.7 Å². The summed E-state index contributed by atoms with van der Waals surface area (Å²) >= 11 is 0. The minimum atomic E-state index is -3.32. The van der Waals surface area contributed by atoms with Gasteiger partial charge >= 0.3 is 0 Å². The molecule has 3 N–H and O–H groups in total. The van der Waals surface area contributed by atoms with Crippen LogP contribution in [0.2, 0.25) is 0 Å². The van der Waals surface area contributed by atoms with Crippen LogP contribution in [0, 0.1) is 0 Å². The number of benzene rings is 2. The van der Waals surface area contributed by atoms with Gasteiger partial charge in [0.1, 0.15) is 17.7 Å². The number of methoxy groups -OCH3 is 2. The summed E-state index contributed by atoms with van der Waals surface area (Å²) in [7, 11) is -0.163. The van der Waals surface area contributed by atoms with Crippen molar-refractivity contribution < 1.29 is 24.1 Å². The second kappa shape index (κ2) is 9.81. The van der Waals surface area contributed by atoms with Crippen LogP contribution < -0.4 is 14.8 Å². The molecule has 0 aromatic heterocycles. The quantitative estimate of drug-likeness (QED) is 0.539. The van der Waals surface area contributed by atoms with Gasteiger partial charge < -0.3 is 14.8 Å². The maximum atomic E-state index is 12.3. The Balaban J connectivity index is 1.95. The smallest absolute Gasteiger partial charge is 0.279 e. The van der Waals surface area contributed by atoms with E-state index >= 15 is 0 Å². The first-order chi connectivity index (χ1) is 12.9. The van der Waals surface area contributed by atoms with Gasteiger partial charge in [-0.3, -0.25) is 4.79 Å². The molecule has 0 amide bonds. The first-order valence-corrected chi connectivity index (χ1v) is 10.7. The molecular weight excluding hydrogens is 365 g/mol. The fourth-order valence-corrected chi connectivity index (χ4v) is 4.53. The first-order valence-electron chi connectivity index (χ1n) is 8.68. The molecule has 146 valence electrons. The molecule has 0 saturated carbocycles. The van der Waals surface area contributed by atoms with E-state index in [0.29, 0.717) is 11.5 Å². The zero-order chi connectivity index (χ0) is 19.9. The predicted octanol–water partition coefficient (Wildman–Crippen LogP) is 2.96. The van der Waals surface area contributed by atoms with Gasteiger partial charge in [0, 0.05) is 6.04 Å². The summed E-state index contributed by atoms with van der Waals surface area (Å²) in [4.78, 5) is 32.8. The Labute approximate surface area is 160 Å². The van der Waals surface area contributed by atoms with E-state index in [2.05, 4.69) is 5.32 Å². The standard InChI is InChI=1S/C20H27NO5P/c1-15(20-18(25-2)10-7-11-19(20)26-3)21-12-17(22)14-27(23,24)13-16-8-5-4-6-9-16/h4-11,15,21,23-24H,12-14H2,1-3H3/q+1. The lowest BCUT2D eigenvalue weighted by Crippen LogP contribution is -2.29. The Morgan fingerprint density at radius 1 is 1.04 bits per heavy atom. The van der Waals surface area contributed by atoms with E-state index in [1.807, 2.05) is 55.5 Å². The van der Waals surface area contributed by atoms with Crippen molar-refractivity contribution in [2.45, 2.75) is 19.1 Å². The van der Waals surface area contributed by atoms with Crippen molar-refractivity contribution in [3.8, 4) is 11.5 Å². The van der Waals surface area contributed by atoms with Gasteiger partial charge in [0.15, 0.2) is 11.9 Å². The highest BCUT2D eigenvalue weighted by atomic mass is 31.2. The topological polar surface area (TPSA) is 88.0 Å². The van der Waals surface area contributed by atoms with Gasteiger partial charge in [-0.25, -0.2) is 9.79 Å². The van der Waals surface area contributed by atoms with Crippen LogP contribution in [0.5, 0.6) is 11.5 Å². The van der Waals surface area contributed by atoms with E-state index in [4.69, 9.17) is 9.47 Å². The number of ether oxygens (including phenoxy) is 2. The fourth-order valence-electron chi connectivity index (χ4n) is 2.95. The molecule has 2 rings (SSSR count). The summed E-state index contributed by atoms with van der Waals surface area (Å²) in [5, 5.41) is 3.12. The molecule has 0 radical (unpaired) electrons. The van der Waals surface area contributed by atoms with Crippen molar-refractivity contribution in [2.24, 2.45) is 0 Å². The summed E-state index contributed by atoms with van der Waals surface area (Å²) in [6.07, 6.45) is -0.139. The Bertz CT molecular complexity index is 729. The van der Waals surface area contributed by atoms with Gasteiger partial charge in [-0.15, -0.1) is 0 Å². The summed E-state index contributed by atoms with van der Waals surface area (Å²) in [6.45, 7) is 1.93. The minimum Gasteiger partial charge on any atom is -0.496 e. The Morgan fingerprint density at radius 2 is 1.63 bits per heavy atom. The van der Waals surface area contributed by atoms with Crippen molar-refractivity contribution in [3.05, 3.63) is 59.7 Å². The Morgan fingerprint density at radius 3 is 2.19 bits per heavy atom. The summed E-state index contributed by atoms with van der Waals surface area (Å²) in [5.41, 5.74) is 1.62. The van der Waals surface area contributed by atoms with Crippen LogP contribution in [0.1, 0.15) is 24.1 Å². The highest BCUT2D eigenvalue weighted by Gasteiger charge is 2.36. The number of Topliss-reactive ketones (excluding diaryl/α,β-unsaturated/α-hetero) is 1. The molecule has 7 heteroatoms. The van der Waals surface area contributed by atoms with E-state index in [1.165, 1.54) is 0 Å². The lowest BCUT2D eigenvalue weighted by atomic mass is 10.1. The molecule has 0 aliphatic heterocycles. The number of rotatable bonds is 10. The lowest BCUT2D eigenvalue weighted by Gasteiger charge is -2.20. The maximum absolute atomic E-state index is 12.3. The van der Waals surface area contributed by atoms with E-state index in [1.54, 1.807) is 14.2 Å². The highest BCUT2D eigenvalue weighted by molar-refractivity contribution is 7.64. The number of carbonyl (C=O) groups is 1. The molecule has 1 atom stereocenters. The highest BCUT2D eigenvalue weighted by Crippen LogP contribution is 2.52. The number of ketones is 1. The van der Waals surface area contributed by atoms with E-state index < -0.39 is 7.72 Å². The van der Waals surface area contributed by atoms with Crippen LogP contribution in [0.15, 0.2) is 48.5 Å². The first kappa shape index (κ1) is 21.3. The molecule has 0 spiro atoms. The molecule has 2 aromatic rings. The number of hydrogen-bond donors (Lipinski definition) is 3. The summed E-state index contributed by atoms with van der Waals surface area (Å²) < 4.78 is 10.8. The molecule has 0 aliphatic carbocycles. The van der Waals surface area contributed by atoms with Crippen molar-refractivity contribution in [1.82, 2.24) is 5.32 Å². The molecule has 1 unspecified atom stereocenters. The zero-order valence-corrected chi connectivity index (χ0v) is 16.8. The SMILES string of the molecule is COc1cccc(OC)c1C(C)NCC(=O)C[P+](O)(O)Cc1ccccc1. The van der Waals surface area contributed by atoms with Crippen LogP contribution in [0.3, 0.4) is 0 Å². The summed E-state index contributed by atoms with van der Waals surface area (Å²) in [5.74, 6) is 1.08. The normalized spacial score (nSPS) is 12.5. The minimum absolute atomic E-state index is 0.0278. The third-order valence-electron chi connectivity index (χ3n) is 4.21. The average Bonchev–Trinajstić information content (AvgIpc) is 2.65. The fraction of sp³-hybridized carbons (Fsp3) is 0.350. The molecule has 0 saturated heterocycles. The maximum Gasteiger partial charge on any atom is 0.279 e. The number of nitrogens with one attached hydrogen (secondary N) is 1. The van der Waals surface area contributed by atoms with Crippen LogP contribution in [-0.2, 0) is 11.0 Å². The van der Waals surface area contributed by atoms with Gasteiger partial charge in [-0.05, 0) is 24.6 Å². The molecule has 0 bridgehead atoms. The van der Waals surface area contributed by atoms with Gasteiger partial charge in [0.05, 0.1) is 26.3 Å². The third kappa shape index (κ3) is 6.29. The molecular formula is C20H27NO5P+. The van der Waals surface area contributed by atoms with Crippen molar-refractivity contribution in [2.75, 3.05) is 26.9 Å². The predicted molar refractivity (Wildman–Crippen MR) is 107 cm³/mol. The largest absolute Gasteiger partial charge is 0.496 e. The Kier molecular flexibility index (Phi) is 7.75. The van der Waals surface area contributed by atoms with E-state index in [0.717, 1.165) is 11.1 Å². The van der Waals surface area contributed by atoms with Crippen LogP contribution in [-0.4, -0.2) is 42.5 Å². The second-order valence-corrected chi connectivity index (χ2v) is 8.79. The molecule has 0 aliphatic rings. The monoisotopic (exact) mass is 392 g/mol. The molecule has 0 heterocycles. The second-order valence-electron chi connectivity index (χ2n) is 6.40. The van der Waals surface area contributed by atoms with Crippen LogP contribution >= 0.6 is 7.72 Å². The van der Waals surface area contributed by atoms with Gasteiger partial charge in [0.25, 0.3) is 7.72 Å². The van der Waals surface area contributed by atoms with Gasteiger partial charge in [-0.1, -0.05) is 36.4 Å². The Hall–Kier alpha value is -1.98. The molecule has 6 nitrogen and oxygen atoms in total. The third-order valence-corrected chi connectivity index (χ3v) is 5.94. The molecule has 0 fully saturated rings. The van der Waals surface area contributed by atoms with Crippen molar-refractivity contribution >= 4 is 13.5 Å². The molecule has 2 aromatic carbocycles. The molecule has 27 heavy (non-hydrogen) atoms. The van der Waals surface area contributed by atoms with Crippen molar-refractivity contribution in [3.63, 3.8) is 0 Å².